The van der Waals surface area contributed by atoms with Crippen LogP contribution >= 0.6 is 11.6 Å². The molecule has 2 rings (SSSR count). The average Bonchev–Trinajstić information content (AvgIpc) is 2.46. The normalized spacial score (nSPS) is 10.1. The van der Waals surface area contributed by atoms with Crippen molar-refractivity contribution >= 4 is 23.0 Å². The highest BCUT2D eigenvalue weighted by atomic mass is 35.5. The summed E-state index contributed by atoms with van der Waals surface area (Å²) in [5.74, 6) is 0.684. The molecular formula is C14H13ClN2O3. The molecule has 5 nitrogen and oxygen atoms in total. The molecule has 0 aliphatic rings. The van der Waals surface area contributed by atoms with Gasteiger partial charge in [0.15, 0.2) is 0 Å². The van der Waals surface area contributed by atoms with Crippen LogP contribution in [-0.2, 0) is 6.54 Å². The monoisotopic (exact) mass is 292 g/mol. The third-order valence-electron chi connectivity index (χ3n) is 2.82. The number of halogens is 1. The molecule has 0 bridgehead atoms. The number of anilines is 1. The SMILES string of the molecule is COc1ccccc1NCc1ccc(Cl)cc1[N+](=O)[O-]. The molecule has 104 valence electrons. The maximum absolute atomic E-state index is 11.0. The summed E-state index contributed by atoms with van der Waals surface area (Å²) in [6.45, 7) is 0.313. The molecule has 0 saturated heterocycles. The fourth-order valence-electron chi connectivity index (χ4n) is 1.84. The van der Waals surface area contributed by atoms with Crippen LogP contribution < -0.4 is 10.1 Å². The topological polar surface area (TPSA) is 64.4 Å². The quantitative estimate of drug-likeness (QED) is 0.671. The van der Waals surface area contributed by atoms with Gasteiger partial charge in [0.25, 0.3) is 5.69 Å². The number of nitro groups is 1. The van der Waals surface area contributed by atoms with Gasteiger partial charge in [0.1, 0.15) is 5.75 Å². The molecule has 2 aromatic carbocycles. The van der Waals surface area contributed by atoms with Crippen LogP contribution in [0.5, 0.6) is 5.75 Å². The summed E-state index contributed by atoms with van der Waals surface area (Å²) in [5, 5.41) is 14.5. The van der Waals surface area contributed by atoms with Gasteiger partial charge in [-0.2, -0.15) is 0 Å². The van der Waals surface area contributed by atoms with E-state index in [1.165, 1.54) is 6.07 Å². The number of hydrogen-bond acceptors (Lipinski definition) is 4. The summed E-state index contributed by atoms with van der Waals surface area (Å²) in [5.41, 5.74) is 1.34. The van der Waals surface area contributed by atoms with Gasteiger partial charge in [-0.25, -0.2) is 0 Å². The summed E-state index contributed by atoms with van der Waals surface area (Å²) in [6, 6.07) is 12.0. The molecule has 0 unspecified atom stereocenters. The van der Waals surface area contributed by atoms with Crippen LogP contribution in [0.25, 0.3) is 0 Å². The molecule has 0 saturated carbocycles. The molecule has 20 heavy (non-hydrogen) atoms. The first-order chi connectivity index (χ1) is 9.61. The molecule has 0 aromatic heterocycles. The number of nitro benzene ring substituents is 1. The zero-order valence-corrected chi connectivity index (χ0v) is 11.6. The van der Waals surface area contributed by atoms with Crippen molar-refractivity contribution in [1.29, 1.82) is 0 Å². The molecule has 6 heteroatoms. The van der Waals surface area contributed by atoms with Gasteiger partial charge in [0, 0.05) is 23.2 Å². The Morgan fingerprint density at radius 3 is 2.75 bits per heavy atom. The van der Waals surface area contributed by atoms with Gasteiger partial charge >= 0.3 is 0 Å². The zero-order chi connectivity index (χ0) is 14.5. The molecule has 0 amide bonds. The lowest BCUT2D eigenvalue weighted by Crippen LogP contribution is -2.04. The van der Waals surface area contributed by atoms with Crippen molar-refractivity contribution in [3.63, 3.8) is 0 Å². The lowest BCUT2D eigenvalue weighted by atomic mass is 10.1. The van der Waals surface area contributed by atoms with Crippen LogP contribution in [0.2, 0.25) is 5.02 Å². The standard InChI is InChI=1S/C14H13ClN2O3/c1-20-14-5-3-2-4-12(14)16-9-10-6-7-11(15)8-13(10)17(18)19/h2-8,16H,9H2,1H3. The van der Waals surface area contributed by atoms with Crippen molar-refractivity contribution in [3.8, 4) is 5.75 Å². The molecule has 0 radical (unpaired) electrons. The number of nitrogens with one attached hydrogen (secondary N) is 1. The van der Waals surface area contributed by atoms with Gasteiger partial charge in [0.05, 0.1) is 17.7 Å². The van der Waals surface area contributed by atoms with Crippen molar-refractivity contribution in [1.82, 2.24) is 0 Å². The van der Waals surface area contributed by atoms with Gasteiger partial charge in [-0.15, -0.1) is 0 Å². The second kappa shape index (κ2) is 6.25. The minimum absolute atomic E-state index is 0.0000945. The lowest BCUT2D eigenvalue weighted by Gasteiger charge is -2.11. The molecule has 2 aromatic rings. The maximum atomic E-state index is 11.0. The maximum Gasteiger partial charge on any atom is 0.275 e. The number of methoxy groups -OCH3 is 1. The van der Waals surface area contributed by atoms with Crippen molar-refractivity contribution in [2.24, 2.45) is 0 Å². The minimum Gasteiger partial charge on any atom is -0.495 e. The number of rotatable bonds is 5. The third-order valence-corrected chi connectivity index (χ3v) is 3.06. The Morgan fingerprint density at radius 2 is 2.05 bits per heavy atom. The van der Waals surface area contributed by atoms with E-state index in [0.29, 0.717) is 22.9 Å². The summed E-state index contributed by atoms with van der Waals surface area (Å²) >= 11 is 5.78. The van der Waals surface area contributed by atoms with E-state index in [2.05, 4.69) is 5.32 Å². The summed E-state index contributed by atoms with van der Waals surface area (Å²) in [4.78, 5) is 10.6. The minimum atomic E-state index is -0.439. The van der Waals surface area contributed by atoms with Crippen LogP contribution in [0.3, 0.4) is 0 Å². The highest BCUT2D eigenvalue weighted by Gasteiger charge is 2.14. The first-order valence-electron chi connectivity index (χ1n) is 5.91. The smallest absolute Gasteiger partial charge is 0.275 e. The molecule has 0 aliphatic heterocycles. The Labute approximate surface area is 121 Å². The summed E-state index contributed by atoms with van der Waals surface area (Å²) < 4.78 is 5.21. The van der Waals surface area contributed by atoms with E-state index in [0.717, 1.165) is 5.69 Å². The van der Waals surface area contributed by atoms with Gasteiger partial charge in [0.2, 0.25) is 0 Å². The Balaban J connectivity index is 2.21. The van der Waals surface area contributed by atoms with Crippen molar-refractivity contribution < 1.29 is 9.66 Å². The first-order valence-corrected chi connectivity index (χ1v) is 6.29. The van der Waals surface area contributed by atoms with Crippen molar-refractivity contribution in [2.45, 2.75) is 6.54 Å². The van der Waals surface area contributed by atoms with Crippen LogP contribution in [-0.4, -0.2) is 12.0 Å². The number of hydrogen-bond donors (Lipinski definition) is 1. The van der Waals surface area contributed by atoms with Gasteiger partial charge in [-0.05, 0) is 24.3 Å². The van der Waals surface area contributed by atoms with E-state index >= 15 is 0 Å². The Morgan fingerprint density at radius 1 is 1.30 bits per heavy atom. The molecule has 0 spiro atoms. The summed E-state index contributed by atoms with van der Waals surface area (Å²) in [6.07, 6.45) is 0. The Bertz CT molecular complexity index is 632. The van der Waals surface area contributed by atoms with Crippen LogP contribution in [0.1, 0.15) is 5.56 Å². The fraction of sp³-hybridized carbons (Fsp3) is 0.143. The Kier molecular flexibility index (Phi) is 4.42. The van der Waals surface area contributed by atoms with E-state index in [9.17, 15) is 10.1 Å². The van der Waals surface area contributed by atoms with E-state index in [1.807, 2.05) is 24.3 Å². The lowest BCUT2D eigenvalue weighted by molar-refractivity contribution is -0.385. The van der Waals surface area contributed by atoms with Crippen LogP contribution in [0.4, 0.5) is 11.4 Å². The molecule has 1 N–H and O–H groups in total. The van der Waals surface area contributed by atoms with E-state index in [-0.39, 0.29) is 5.69 Å². The largest absolute Gasteiger partial charge is 0.495 e. The molecule has 0 heterocycles. The third kappa shape index (κ3) is 3.19. The van der Waals surface area contributed by atoms with Crippen molar-refractivity contribution in [3.05, 3.63) is 63.2 Å². The van der Waals surface area contributed by atoms with Gasteiger partial charge in [-0.3, -0.25) is 10.1 Å². The Hall–Kier alpha value is -2.27. The number of para-hydroxylation sites is 2. The van der Waals surface area contributed by atoms with E-state index in [4.69, 9.17) is 16.3 Å². The predicted octanol–water partition coefficient (Wildman–Crippen LogP) is 3.87. The second-order valence-electron chi connectivity index (χ2n) is 4.08. The van der Waals surface area contributed by atoms with E-state index in [1.54, 1.807) is 19.2 Å². The van der Waals surface area contributed by atoms with Crippen LogP contribution in [0, 0.1) is 10.1 Å². The van der Waals surface area contributed by atoms with Gasteiger partial charge < -0.3 is 10.1 Å². The molecule has 0 atom stereocenters. The zero-order valence-electron chi connectivity index (χ0n) is 10.8. The number of benzene rings is 2. The second-order valence-corrected chi connectivity index (χ2v) is 4.52. The number of nitrogens with zero attached hydrogens (tertiary/aromatic N) is 1. The molecule has 0 aliphatic carbocycles. The fourth-order valence-corrected chi connectivity index (χ4v) is 2.00. The van der Waals surface area contributed by atoms with Crippen molar-refractivity contribution in [2.75, 3.05) is 12.4 Å². The predicted molar refractivity (Wildman–Crippen MR) is 78.4 cm³/mol. The van der Waals surface area contributed by atoms with Gasteiger partial charge in [-0.1, -0.05) is 23.7 Å². The molecule has 0 fully saturated rings. The summed E-state index contributed by atoms with van der Waals surface area (Å²) in [7, 11) is 1.57. The highest BCUT2D eigenvalue weighted by molar-refractivity contribution is 6.30. The van der Waals surface area contributed by atoms with E-state index < -0.39 is 4.92 Å². The average molecular weight is 293 g/mol. The molecular weight excluding hydrogens is 280 g/mol. The number of ether oxygens (including phenoxy) is 1. The highest BCUT2D eigenvalue weighted by Crippen LogP contribution is 2.27. The first kappa shape index (κ1) is 14.1. The van der Waals surface area contributed by atoms with Crippen LogP contribution in [0.15, 0.2) is 42.5 Å².